The topological polar surface area (TPSA) is 130 Å². The summed E-state index contributed by atoms with van der Waals surface area (Å²) in [6.45, 7) is 7.52. The molecule has 0 saturated carbocycles. The number of nitrogens with one attached hydrogen (secondary N) is 3. The zero-order valence-corrected chi connectivity index (χ0v) is 16.6. The van der Waals surface area contributed by atoms with Crippen LogP contribution >= 0.6 is 0 Å². The van der Waals surface area contributed by atoms with Crippen LogP contribution in [-0.4, -0.2) is 58.6 Å². The molecule has 1 fully saturated rings. The van der Waals surface area contributed by atoms with Crippen LogP contribution in [0.2, 0.25) is 0 Å². The second kappa shape index (κ2) is 9.50. The van der Waals surface area contributed by atoms with Crippen molar-refractivity contribution >= 4 is 17.7 Å². The summed E-state index contributed by atoms with van der Waals surface area (Å²) in [5.41, 5.74) is -0.0854. The first kappa shape index (κ1) is 21.6. The Morgan fingerprint density at radius 1 is 1.11 bits per heavy atom. The lowest BCUT2D eigenvalue weighted by Gasteiger charge is -2.35. The molecule has 154 valence electrons. The van der Waals surface area contributed by atoms with Crippen LogP contribution in [0.5, 0.6) is 5.75 Å². The Balaban J connectivity index is 1.95. The van der Waals surface area contributed by atoms with E-state index in [1.54, 1.807) is 27.7 Å². The molecule has 0 aromatic carbocycles. The lowest BCUT2D eigenvalue weighted by molar-refractivity contribution is -0.141. The van der Waals surface area contributed by atoms with E-state index in [1.807, 2.05) is 0 Å². The zero-order valence-electron chi connectivity index (χ0n) is 16.6. The molecule has 0 radical (unpaired) electrons. The molecular formula is C19H28N4O5. The molecule has 4 atom stereocenters. The maximum absolute atomic E-state index is 12.7. The van der Waals surface area contributed by atoms with E-state index in [0.29, 0.717) is 13.0 Å². The van der Waals surface area contributed by atoms with E-state index in [1.165, 1.54) is 18.3 Å². The molecule has 3 amide bonds. The number of hydrogen-bond acceptors (Lipinski definition) is 6. The quantitative estimate of drug-likeness (QED) is 0.505. The predicted molar refractivity (Wildman–Crippen MR) is 102 cm³/mol. The Morgan fingerprint density at radius 3 is 2.29 bits per heavy atom. The van der Waals surface area contributed by atoms with Crippen molar-refractivity contribution in [2.75, 3.05) is 6.61 Å². The van der Waals surface area contributed by atoms with E-state index in [4.69, 9.17) is 4.74 Å². The van der Waals surface area contributed by atoms with E-state index in [0.717, 1.165) is 0 Å². The number of rotatable bonds is 8. The molecule has 9 nitrogen and oxygen atoms in total. The Labute approximate surface area is 164 Å². The average Bonchev–Trinajstić information content (AvgIpc) is 2.59. The number of amides is 3. The third-order valence-corrected chi connectivity index (χ3v) is 4.69. The maximum Gasteiger partial charge on any atom is 0.274 e. The number of nitrogens with zero attached hydrogens (tertiary/aromatic N) is 1. The first-order valence-electron chi connectivity index (χ1n) is 9.38. The van der Waals surface area contributed by atoms with Gasteiger partial charge in [0.15, 0.2) is 5.69 Å². The molecule has 28 heavy (non-hydrogen) atoms. The van der Waals surface area contributed by atoms with Gasteiger partial charge in [0, 0.05) is 30.8 Å². The highest BCUT2D eigenvalue weighted by atomic mass is 16.5. The Morgan fingerprint density at radius 2 is 1.75 bits per heavy atom. The summed E-state index contributed by atoms with van der Waals surface area (Å²) in [5, 5.41) is 18.0. The number of aromatic hydroxyl groups is 1. The van der Waals surface area contributed by atoms with Crippen LogP contribution < -0.4 is 16.0 Å². The molecule has 0 spiro atoms. The van der Waals surface area contributed by atoms with Crippen LogP contribution in [0.4, 0.5) is 0 Å². The van der Waals surface area contributed by atoms with E-state index in [9.17, 15) is 19.5 Å². The first-order chi connectivity index (χ1) is 13.2. The van der Waals surface area contributed by atoms with Crippen molar-refractivity contribution < 1.29 is 24.2 Å². The Kier molecular flexibility index (Phi) is 7.33. The molecule has 1 aromatic rings. The number of carbonyl (C=O) groups excluding carboxylic acids is 3. The molecule has 4 N–H and O–H groups in total. The van der Waals surface area contributed by atoms with Gasteiger partial charge in [0.05, 0.1) is 6.10 Å². The molecule has 0 aliphatic carbocycles. The van der Waals surface area contributed by atoms with E-state index >= 15 is 0 Å². The van der Waals surface area contributed by atoms with Gasteiger partial charge in [-0.05, 0) is 32.4 Å². The average molecular weight is 392 g/mol. The summed E-state index contributed by atoms with van der Waals surface area (Å²) >= 11 is 0. The molecule has 1 saturated heterocycles. The summed E-state index contributed by atoms with van der Waals surface area (Å²) in [4.78, 5) is 40.8. The van der Waals surface area contributed by atoms with Crippen molar-refractivity contribution in [1.29, 1.82) is 0 Å². The van der Waals surface area contributed by atoms with Gasteiger partial charge in [-0.25, -0.2) is 4.98 Å². The van der Waals surface area contributed by atoms with Crippen molar-refractivity contribution in [2.45, 2.75) is 58.3 Å². The van der Waals surface area contributed by atoms with Gasteiger partial charge in [-0.15, -0.1) is 0 Å². The van der Waals surface area contributed by atoms with E-state index in [2.05, 4.69) is 20.9 Å². The minimum Gasteiger partial charge on any atom is -0.505 e. The fourth-order valence-corrected chi connectivity index (χ4v) is 2.58. The minimum atomic E-state index is -0.783. The van der Waals surface area contributed by atoms with Crippen LogP contribution in [0.25, 0.3) is 0 Å². The summed E-state index contributed by atoms with van der Waals surface area (Å²) in [6, 6.07) is 1.24. The third-order valence-electron chi connectivity index (χ3n) is 4.69. The van der Waals surface area contributed by atoms with E-state index in [-0.39, 0.29) is 35.3 Å². The molecule has 0 bridgehead atoms. The van der Waals surface area contributed by atoms with Gasteiger partial charge in [0.2, 0.25) is 11.8 Å². The van der Waals surface area contributed by atoms with Gasteiger partial charge in [-0.3, -0.25) is 14.4 Å². The zero-order chi connectivity index (χ0) is 20.8. The lowest BCUT2D eigenvalue weighted by Crippen LogP contribution is -2.60. The number of pyridine rings is 1. The Bertz CT molecular complexity index is 720. The normalized spacial score (nSPS) is 19.1. The predicted octanol–water partition coefficient (Wildman–Crippen LogP) is 0.340. The highest BCUT2D eigenvalue weighted by Gasteiger charge is 2.36. The standard InChI is InChI=1S/C19H28N4O5/c1-10(2)17(25)23-16(14-7-9-28-14)19(27)22-12(4)11(3)21-18(26)15-13(24)6-5-8-20-15/h5-6,8,10-12,14,16,24H,7,9H2,1-4H3,(H,21,26)(H,22,27)(H,23,25). The van der Waals surface area contributed by atoms with Crippen LogP contribution in [0, 0.1) is 5.92 Å². The van der Waals surface area contributed by atoms with Gasteiger partial charge in [-0.2, -0.15) is 0 Å². The van der Waals surface area contributed by atoms with Gasteiger partial charge >= 0.3 is 0 Å². The summed E-state index contributed by atoms with van der Waals surface area (Å²) in [6.07, 6.45) is 1.74. The van der Waals surface area contributed by atoms with Crippen LogP contribution in [0.3, 0.4) is 0 Å². The highest BCUT2D eigenvalue weighted by Crippen LogP contribution is 2.17. The second-order valence-corrected chi connectivity index (χ2v) is 7.27. The van der Waals surface area contributed by atoms with Gasteiger partial charge in [0.25, 0.3) is 5.91 Å². The molecule has 1 aliphatic rings. The smallest absolute Gasteiger partial charge is 0.274 e. The van der Waals surface area contributed by atoms with Gasteiger partial charge < -0.3 is 25.8 Å². The largest absolute Gasteiger partial charge is 0.505 e. The van der Waals surface area contributed by atoms with Gasteiger partial charge in [0.1, 0.15) is 11.8 Å². The monoisotopic (exact) mass is 392 g/mol. The van der Waals surface area contributed by atoms with Crippen molar-refractivity contribution in [3.63, 3.8) is 0 Å². The summed E-state index contributed by atoms with van der Waals surface area (Å²) in [5.74, 6) is -1.61. The van der Waals surface area contributed by atoms with Crippen molar-refractivity contribution in [2.24, 2.45) is 5.92 Å². The second-order valence-electron chi connectivity index (χ2n) is 7.27. The van der Waals surface area contributed by atoms with Crippen molar-refractivity contribution in [3.8, 4) is 5.75 Å². The summed E-state index contributed by atoms with van der Waals surface area (Å²) < 4.78 is 5.39. The SMILES string of the molecule is CC(C)C(=O)NC(C(=O)NC(C)C(C)NC(=O)c1ncccc1O)C1CCO1. The molecule has 9 heteroatoms. The fraction of sp³-hybridized carbons (Fsp3) is 0.579. The van der Waals surface area contributed by atoms with Crippen molar-refractivity contribution in [1.82, 2.24) is 20.9 Å². The van der Waals surface area contributed by atoms with Gasteiger partial charge in [-0.1, -0.05) is 13.8 Å². The Hall–Kier alpha value is -2.68. The number of aromatic nitrogens is 1. The maximum atomic E-state index is 12.7. The first-order valence-corrected chi connectivity index (χ1v) is 9.38. The highest BCUT2D eigenvalue weighted by molar-refractivity contribution is 5.95. The van der Waals surface area contributed by atoms with Crippen LogP contribution in [-0.2, 0) is 14.3 Å². The van der Waals surface area contributed by atoms with Crippen LogP contribution in [0.15, 0.2) is 18.3 Å². The fourth-order valence-electron chi connectivity index (χ4n) is 2.58. The molecule has 2 heterocycles. The molecule has 1 aromatic heterocycles. The molecule has 2 rings (SSSR count). The van der Waals surface area contributed by atoms with Crippen LogP contribution in [0.1, 0.15) is 44.6 Å². The number of carbonyl (C=O) groups is 3. The third kappa shape index (κ3) is 5.41. The lowest BCUT2D eigenvalue weighted by atomic mass is 10.0. The molecule has 1 aliphatic heterocycles. The van der Waals surface area contributed by atoms with E-state index < -0.39 is 24.0 Å². The number of hydrogen-bond donors (Lipinski definition) is 4. The van der Waals surface area contributed by atoms with Crippen molar-refractivity contribution in [3.05, 3.63) is 24.0 Å². The molecule has 4 unspecified atom stereocenters. The minimum absolute atomic E-state index is 0.0854. The molecular weight excluding hydrogens is 364 g/mol. The number of ether oxygens (including phenoxy) is 1. The summed E-state index contributed by atoms with van der Waals surface area (Å²) in [7, 11) is 0.